The molecule has 0 aliphatic rings. The zero-order chi connectivity index (χ0) is 11.5. The molecule has 0 fully saturated rings. The molecule has 1 heterocycles. The summed E-state index contributed by atoms with van der Waals surface area (Å²) in [7, 11) is 0. The van der Waals surface area contributed by atoms with Crippen molar-refractivity contribution in [3.63, 3.8) is 0 Å². The molecule has 0 unspecified atom stereocenters. The number of hydrogen-bond acceptors (Lipinski definition) is 2. The van der Waals surface area contributed by atoms with Gasteiger partial charge in [-0.15, -0.1) is 0 Å². The summed E-state index contributed by atoms with van der Waals surface area (Å²) < 4.78 is 0.868. The van der Waals surface area contributed by atoms with Crippen LogP contribution in [-0.4, -0.2) is 4.98 Å². The quantitative estimate of drug-likeness (QED) is 0.879. The van der Waals surface area contributed by atoms with Gasteiger partial charge in [0, 0.05) is 16.4 Å². The maximum absolute atomic E-state index is 6.06. The number of hydrogen-bond donors (Lipinski definition) is 1. The summed E-state index contributed by atoms with van der Waals surface area (Å²) in [5.41, 5.74) is 2.18. The SMILES string of the molecule is Cc1cccc(Nc2ncc(Br)cc2Cl)c1. The first kappa shape index (κ1) is 11.4. The normalized spacial score (nSPS) is 10.2. The number of anilines is 2. The minimum Gasteiger partial charge on any atom is -0.339 e. The van der Waals surface area contributed by atoms with Crippen molar-refractivity contribution in [2.45, 2.75) is 6.92 Å². The monoisotopic (exact) mass is 296 g/mol. The van der Waals surface area contributed by atoms with Crippen LogP contribution in [-0.2, 0) is 0 Å². The predicted molar refractivity (Wildman–Crippen MR) is 71.4 cm³/mol. The third-order valence-corrected chi connectivity index (χ3v) is 2.81. The second kappa shape index (κ2) is 4.85. The van der Waals surface area contributed by atoms with Gasteiger partial charge in [0.1, 0.15) is 5.82 Å². The van der Waals surface area contributed by atoms with E-state index in [-0.39, 0.29) is 0 Å². The Morgan fingerprint density at radius 2 is 2.12 bits per heavy atom. The smallest absolute Gasteiger partial charge is 0.149 e. The lowest BCUT2D eigenvalue weighted by atomic mass is 10.2. The van der Waals surface area contributed by atoms with Crippen LogP contribution in [0.2, 0.25) is 5.02 Å². The molecule has 2 rings (SSSR count). The zero-order valence-electron chi connectivity index (χ0n) is 8.67. The van der Waals surface area contributed by atoms with E-state index < -0.39 is 0 Å². The summed E-state index contributed by atoms with van der Waals surface area (Å²) in [5.74, 6) is 0.662. The molecule has 0 atom stereocenters. The predicted octanol–water partition coefficient (Wildman–Crippen LogP) is 4.55. The van der Waals surface area contributed by atoms with Crippen molar-refractivity contribution in [2.75, 3.05) is 5.32 Å². The van der Waals surface area contributed by atoms with Crippen molar-refractivity contribution >= 4 is 39.0 Å². The first-order valence-electron chi connectivity index (χ1n) is 4.80. The van der Waals surface area contributed by atoms with E-state index in [0.29, 0.717) is 10.8 Å². The Balaban J connectivity index is 2.27. The molecule has 0 saturated heterocycles. The molecule has 0 radical (unpaired) electrons. The number of benzene rings is 1. The minimum absolute atomic E-state index is 0.593. The van der Waals surface area contributed by atoms with Crippen molar-refractivity contribution in [1.29, 1.82) is 0 Å². The molecule has 0 bridgehead atoms. The van der Waals surface area contributed by atoms with Crippen LogP contribution in [0, 0.1) is 6.92 Å². The van der Waals surface area contributed by atoms with Gasteiger partial charge in [0.2, 0.25) is 0 Å². The van der Waals surface area contributed by atoms with Crippen molar-refractivity contribution < 1.29 is 0 Å². The van der Waals surface area contributed by atoms with Gasteiger partial charge in [0.05, 0.1) is 5.02 Å². The average Bonchev–Trinajstić information content (AvgIpc) is 2.22. The van der Waals surface area contributed by atoms with Crippen molar-refractivity contribution in [3.05, 3.63) is 51.6 Å². The van der Waals surface area contributed by atoms with Crippen molar-refractivity contribution in [2.24, 2.45) is 0 Å². The Morgan fingerprint density at radius 3 is 2.81 bits per heavy atom. The molecule has 1 N–H and O–H groups in total. The van der Waals surface area contributed by atoms with E-state index in [1.807, 2.05) is 37.3 Å². The lowest BCUT2D eigenvalue weighted by Crippen LogP contribution is -1.94. The second-order valence-electron chi connectivity index (χ2n) is 3.48. The van der Waals surface area contributed by atoms with E-state index in [9.17, 15) is 0 Å². The Bertz CT molecular complexity index is 514. The van der Waals surface area contributed by atoms with Gasteiger partial charge < -0.3 is 5.32 Å². The second-order valence-corrected chi connectivity index (χ2v) is 4.80. The van der Waals surface area contributed by atoms with Crippen LogP contribution in [0.5, 0.6) is 0 Å². The highest BCUT2D eigenvalue weighted by Gasteiger charge is 2.02. The number of aromatic nitrogens is 1. The summed E-state index contributed by atoms with van der Waals surface area (Å²) >= 11 is 9.38. The van der Waals surface area contributed by atoms with Crippen LogP contribution >= 0.6 is 27.5 Å². The summed E-state index contributed by atoms with van der Waals surface area (Å²) in [4.78, 5) is 4.21. The Labute approximate surface area is 108 Å². The average molecular weight is 298 g/mol. The van der Waals surface area contributed by atoms with Gasteiger partial charge in [0.25, 0.3) is 0 Å². The zero-order valence-corrected chi connectivity index (χ0v) is 11.0. The van der Waals surface area contributed by atoms with E-state index in [0.717, 1.165) is 10.2 Å². The van der Waals surface area contributed by atoms with Crippen molar-refractivity contribution in [1.82, 2.24) is 4.98 Å². The van der Waals surface area contributed by atoms with Gasteiger partial charge in [-0.2, -0.15) is 0 Å². The van der Waals surface area contributed by atoms with Crippen LogP contribution in [0.3, 0.4) is 0 Å². The third kappa shape index (κ3) is 2.74. The highest BCUT2D eigenvalue weighted by Crippen LogP contribution is 2.25. The van der Waals surface area contributed by atoms with Crippen LogP contribution < -0.4 is 5.32 Å². The summed E-state index contributed by atoms with van der Waals surface area (Å²) in [5, 5.41) is 3.77. The van der Waals surface area contributed by atoms with Gasteiger partial charge in [-0.25, -0.2) is 4.98 Å². The van der Waals surface area contributed by atoms with Crippen molar-refractivity contribution in [3.8, 4) is 0 Å². The van der Waals surface area contributed by atoms with Gasteiger partial charge in [-0.3, -0.25) is 0 Å². The van der Waals surface area contributed by atoms with Gasteiger partial charge >= 0.3 is 0 Å². The molecule has 16 heavy (non-hydrogen) atoms. The molecule has 0 amide bonds. The fourth-order valence-electron chi connectivity index (χ4n) is 1.37. The van der Waals surface area contributed by atoms with Gasteiger partial charge in [-0.05, 0) is 46.6 Å². The fourth-order valence-corrected chi connectivity index (χ4v) is 2.04. The highest BCUT2D eigenvalue weighted by molar-refractivity contribution is 9.10. The Morgan fingerprint density at radius 1 is 1.31 bits per heavy atom. The topological polar surface area (TPSA) is 24.9 Å². The maximum atomic E-state index is 6.06. The minimum atomic E-state index is 0.593. The van der Waals surface area contributed by atoms with E-state index in [4.69, 9.17) is 11.6 Å². The van der Waals surface area contributed by atoms with Crippen LogP contribution in [0.25, 0.3) is 0 Å². The molecule has 82 valence electrons. The number of nitrogens with one attached hydrogen (secondary N) is 1. The fraction of sp³-hybridized carbons (Fsp3) is 0.0833. The molecule has 0 spiro atoms. The van der Waals surface area contributed by atoms with Crippen LogP contribution in [0.1, 0.15) is 5.56 Å². The lowest BCUT2D eigenvalue weighted by molar-refractivity contribution is 1.29. The van der Waals surface area contributed by atoms with Gasteiger partial charge in [-0.1, -0.05) is 23.7 Å². The van der Waals surface area contributed by atoms with Crippen LogP contribution in [0.4, 0.5) is 11.5 Å². The number of nitrogens with zero attached hydrogens (tertiary/aromatic N) is 1. The van der Waals surface area contributed by atoms with E-state index in [1.54, 1.807) is 6.20 Å². The first-order valence-corrected chi connectivity index (χ1v) is 5.97. The molecule has 0 saturated carbocycles. The molecular formula is C12H10BrClN2. The summed E-state index contributed by atoms with van der Waals surface area (Å²) in [6, 6.07) is 9.87. The highest BCUT2D eigenvalue weighted by atomic mass is 79.9. The largest absolute Gasteiger partial charge is 0.339 e. The van der Waals surface area contributed by atoms with Gasteiger partial charge in [0.15, 0.2) is 0 Å². The molecule has 0 aliphatic heterocycles. The molecule has 0 aliphatic carbocycles. The van der Waals surface area contributed by atoms with E-state index in [2.05, 4.69) is 26.2 Å². The summed E-state index contributed by atoms with van der Waals surface area (Å²) in [6.07, 6.45) is 1.71. The molecular weight excluding hydrogens is 288 g/mol. The first-order chi connectivity index (χ1) is 7.65. The van der Waals surface area contributed by atoms with Crippen LogP contribution in [0.15, 0.2) is 41.0 Å². The molecule has 4 heteroatoms. The maximum Gasteiger partial charge on any atom is 0.149 e. The number of rotatable bonds is 2. The lowest BCUT2D eigenvalue weighted by Gasteiger charge is -2.07. The number of aryl methyl sites for hydroxylation is 1. The Kier molecular flexibility index (Phi) is 3.46. The molecule has 2 nitrogen and oxygen atoms in total. The number of halogens is 2. The number of pyridine rings is 1. The Hall–Kier alpha value is -1.06. The third-order valence-electron chi connectivity index (χ3n) is 2.09. The molecule has 1 aromatic carbocycles. The summed E-state index contributed by atoms with van der Waals surface area (Å²) in [6.45, 7) is 2.04. The van der Waals surface area contributed by atoms with E-state index in [1.165, 1.54) is 5.56 Å². The van der Waals surface area contributed by atoms with E-state index >= 15 is 0 Å². The molecule has 1 aromatic heterocycles. The standard InChI is InChI=1S/C12H10BrClN2/c1-8-3-2-4-10(5-8)16-12-11(14)6-9(13)7-15-12/h2-7H,1H3,(H,15,16). The molecule has 2 aromatic rings.